The molecule has 0 saturated heterocycles. The number of aromatic nitrogens is 3. The van der Waals surface area contributed by atoms with E-state index in [0.717, 1.165) is 5.56 Å². The molecule has 0 bridgehead atoms. The Hall–Kier alpha value is -2.39. The zero-order valence-corrected chi connectivity index (χ0v) is 11.0. The Labute approximate surface area is 115 Å². The van der Waals surface area contributed by atoms with Crippen LogP contribution in [-0.2, 0) is 6.54 Å². The molecule has 96 valence electrons. The van der Waals surface area contributed by atoms with Gasteiger partial charge in [0.05, 0.1) is 11.6 Å². The highest BCUT2D eigenvalue weighted by Gasteiger charge is 2.08. The molecule has 0 aliphatic rings. The number of nitrogen functional groups attached to an aromatic ring is 1. The lowest BCUT2D eigenvalue weighted by atomic mass is 10.1. The maximum atomic E-state index is 8.86. The minimum absolute atomic E-state index is 0.0557. The summed E-state index contributed by atoms with van der Waals surface area (Å²) in [7, 11) is 1.81. The second-order valence-electron chi connectivity index (χ2n) is 3.93. The molecule has 1 aromatic carbocycles. The summed E-state index contributed by atoms with van der Waals surface area (Å²) in [5.41, 5.74) is 7.10. The average molecular weight is 275 g/mol. The lowest BCUT2D eigenvalue weighted by Gasteiger charge is -2.17. The SMILES string of the molecule is CN(Cc1cccc(C#N)c1)c1nc(N)nc(Cl)n1. The molecule has 0 atom stereocenters. The highest BCUT2D eigenvalue weighted by Crippen LogP contribution is 2.14. The van der Waals surface area contributed by atoms with Gasteiger partial charge in [0.2, 0.25) is 17.2 Å². The standard InChI is InChI=1S/C12H11ClN6/c1-19(12-17-10(13)16-11(15)18-12)7-9-4-2-3-8(5-9)6-14/h2-5H,7H2,1H3,(H2,15,16,17,18). The molecule has 2 N–H and O–H groups in total. The largest absolute Gasteiger partial charge is 0.368 e. The Balaban J connectivity index is 2.20. The molecule has 0 aliphatic carbocycles. The van der Waals surface area contributed by atoms with E-state index in [0.29, 0.717) is 18.1 Å². The Kier molecular flexibility index (Phi) is 3.78. The van der Waals surface area contributed by atoms with E-state index in [2.05, 4.69) is 21.0 Å². The van der Waals surface area contributed by atoms with Crippen molar-refractivity contribution in [3.8, 4) is 6.07 Å². The van der Waals surface area contributed by atoms with Crippen LogP contribution in [0, 0.1) is 11.3 Å². The number of anilines is 2. The quantitative estimate of drug-likeness (QED) is 0.914. The van der Waals surface area contributed by atoms with E-state index < -0.39 is 0 Å². The number of rotatable bonds is 3. The summed E-state index contributed by atoms with van der Waals surface area (Å²) in [6, 6.07) is 9.41. The van der Waals surface area contributed by atoms with Crippen molar-refractivity contribution in [3.63, 3.8) is 0 Å². The fourth-order valence-corrected chi connectivity index (χ4v) is 1.77. The van der Waals surface area contributed by atoms with Gasteiger partial charge in [-0.3, -0.25) is 0 Å². The van der Waals surface area contributed by atoms with E-state index in [1.165, 1.54) is 0 Å². The van der Waals surface area contributed by atoms with Crippen LogP contribution in [0.4, 0.5) is 11.9 Å². The maximum Gasteiger partial charge on any atom is 0.231 e. The number of nitrogens with zero attached hydrogens (tertiary/aromatic N) is 5. The summed E-state index contributed by atoms with van der Waals surface area (Å²) in [6.45, 7) is 0.537. The predicted octanol–water partition coefficient (Wildman–Crippen LogP) is 1.62. The molecule has 0 aliphatic heterocycles. The average Bonchev–Trinajstić information content (AvgIpc) is 2.37. The number of nitriles is 1. The van der Waals surface area contributed by atoms with E-state index in [1.54, 1.807) is 11.0 Å². The normalized spacial score (nSPS) is 9.95. The first-order valence-electron chi connectivity index (χ1n) is 5.45. The Morgan fingerprint density at radius 2 is 2.16 bits per heavy atom. The molecule has 19 heavy (non-hydrogen) atoms. The van der Waals surface area contributed by atoms with Gasteiger partial charge in [-0.15, -0.1) is 0 Å². The molecule has 1 heterocycles. The fraction of sp³-hybridized carbons (Fsp3) is 0.167. The zero-order chi connectivity index (χ0) is 13.8. The predicted molar refractivity (Wildman–Crippen MR) is 72.5 cm³/mol. The monoisotopic (exact) mass is 274 g/mol. The molecule has 0 unspecified atom stereocenters. The van der Waals surface area contributed by atoms with Crippen molar-refractivity contribution in [2.75, 3.05) is 17.7 Å². The lowest BCUT2D eigenvalue weighted by Crippen LogP contribution is -2.20. The van der Waals surface area contributed by atoms with Crippen molar-refractivity contribution >= 4 is 23.5 Å². The summed E-state index contributed by atoms with van der Waals surface area (Å²) >= 11 is 5.73. The molecule has 0 spiro atoms. The lowest BCUT2D eigenvalue weighted by molar-refractivity contribution is 0.856. The van der Waals surface area contributed by atoms with Crippen LogP contribution in [0.3, 0.4) is 0 Å². The van der Waals surface area contributed by atoms with Crippen LogP contribution in [0.25, 0.3) is 0 Å². The third-order valence-electron chi connectivity index (χ3n) is 2.43. The molecule has 7 heteroatoms. The van der Waals surface area contributed by atoms with Crippen LogP contribution >= 0.6 is 11.6 Å². The van der Waals surface area contributed by atoms with E-state index in [1.807, 2.05) is 25.2 Å². The first kappa shape index (κ1) is 13.1. The maximum absolute atomic E-state index is 8.86. The van der Waals surface area contributed by atoms with Gasteiger partial charge in [-0.2, -0.15) is 20.2 Å². The van der Waals surface area contributed by atoms with E-state index in [9.17, 15) is 0 Å². The minimum Gasteiger partial charge on any atom is -0.368 e. The first-order chi connectivity index (χ1) is 9.08. The number of hydrogen-bond donors (Lipinski definition) is 1. The third-order valence-corrected chi connectivity index (χ3v) is 2.60. The molecule has 0 saturated carbocycles. The summed E-state index contributed by atoms with van der Waals surface area (Å²) in [5.74, 6) is 0.465. The van der Waals surface area contributed by atoms with Crippen LogP contribution in [0.15, 0.2) is 24.3 Å². The van der Waals surface area contributed by atoms with Gasteiger partial charge in [-0.25, -0.2) is 0 Å². The van der Waals surface area contributed by atoms with Gasteiger partial charge in [0.25, 0.3) is 0 Å². The number of benzene rings is 1. The van der Waals surface area contributed by atoms with Crippen molar-refractivity contribution in [2.45, 2.75) is 6.54 Å². The van der Waals surface area contributed by atoms with Crippen molar-refractivity contribution in [3.05, 3.63) is 40.7 Å². The molecule has 0 amide bonds. The highest BCUT2D eigenvalue weighted by molar-refractivity contribution is 6.28. The second-order valence-corrected chi connectivity index (χ2v) is 4.27. The molecule has 2 rings (SSSR count). The van der Waals surface area contributed by atoms with Gasteiger partial charge >= 0.3 is 0 Å². The van der Waals surface area contributed by atoms with E-state index in [4.69, 9.17) is 22.6 Å². The molecule has 6 nitrogen and oxygen atoms in total. The van der Waals surface area contributed by atoms with Gasteiger partial charge in [0.1, 0.15) is 0 Å². The van der Waals surface area contributed by atoms with Crippen molar-refractivity contribution in [1.82, 2.24) is 15.0 Å². The van der Waals surface area contributed by atoms with Crippen LogP contribution in [0.2, 0.25) is 5.28 Å². The van der Waals surface area contributed by atoms with Crippen LogP contribution in [0.5, 0.6) is 0 Å². The minimum atomic E-state index is 0.0557. The first-order valence-corrected chi connectivity index (χ1v) is 5.83. The smallest absolute Gasteiger partial charge is 0.231 e. The fourth-order valence-electron chi connectivity index (χ4n) is 1.61. The Morgan fingerprint density at radius 1 is 1.37 bits per heavy atom. The van der Waals surface area contributed by atoms with E-state index in [-0.39, 0.29) is 11.2 Å². The van der Waals surface area contributed by atoms with Gasteiger partial charge in [0, 0.05) is 13.6 Å². The summed E-state index contributed by atoms with van der Waals surface area (Å²) < 4.78 is 0. The van der Waals surface area contributed by atoms with Crippen LogP contribution in [-0.4, -0.2) is 22.0 Å². The van der Waals surface area contributed by atoms with Crippen LogP contribution < -0.4 is 10.6 Å². The molecule has 0 fully saturated rings. The Morgan fingerprint density at radius 3 is 2.84 bits per heavy atom. The topological polar surface area (TPSA) is 91.7 Å². The third kappa shape index (κ3) is 3.30. The van der Waals surface area contributed by atoms with Gasteiger partial charge in [-0.1, -0.05) is 12.1 Å². The van der Waals surface area contributed by atoms with Crippen molar-refractivity contribution in [2.24, 2.45) is 0 Å². The molecular formula is C12H11ClN6. The summed E-state index contributed by atoms with van der Waals surface area (Å²) in [4.78, 5) is 13.5. The van der Waals surface area contributed by atoms with Crippen LogP contribution in [0.1, 0.15) is 11.1 Å². The van der Waals surface area contributed by atoms with Gasteiger partial charge in [0.15, 0.2) is 0 Å². The highest BCUT2D eigenvalue weighted by atomic mass is 35.5. The molecular weight excluding hydrogens is 264 g/mol. The molecule has 0 radical (unpaired) electrons. The molecule has 2 aromatic rings. The summed E-state index contributed by atoms with van der Waals surface area (Å²) in [6.07, 6.45) is 0. The molecule has 1 aromatic heterocycles. The van der Waals surface area contributed by atoms with E-state index >= 15 is 0 Å². The van der Waals surface area contributed by atoms with Crippen molar-refractivity contribution in [1.29, 1.82) is 5.26 Å². The number of nitrogens with two attached hydrogens (primary N) is 1. The number of halogens is 1. The summed E-state index contributed by atoms with van der Waals surface area (Å²) in [5, 5.41) is 8.91. The van der Waals surface area contributed by atoms with Crippen molar-refractivity contribution < 1.29 is 0 Å². The second kappa shape index (κ2) is 5.50. The zero-order valence-electron chi connectivity index (χ0n) is 10.2. The number of hydrogen-bond acceptors (Lipinski definition) is 6. The van der Waals surface area contributed by atoms with Gasteiger partial charge < -0.3 is 10.6 Å². The van der Waals surface area contributed by atoms with Gasteiger partial charge in [-0.05, 0) is 29.3 Å². The Bertz CT molecular complexity index is 616.